The molecule has 0 saturated heterocycles. The number of carbonyl (C=O) groups excluding carboxylic acids is 2. The summed E-state index contributed by atoms with van der Waals surface area (Å²) in [4.78, 5) is 24.3. The molecule has 5 rings (SSSR count). The van der Waals surface area contributed by atoms with E-state index in [1.165, 1.54) is 0 Å². The molecule has 38 heavy (non-hydrogen) atoms. The van der Waals surface area contributed by atoms with Crippen molar-refractivity contribution >= 4 is 29.0 Å². The van der Waals surface area contributed by atoms with Gasteiger partial charge < -0.3 is 21.1 Å². The molecule has 0 bridgehead atoms. The Labute approximate surface area is 227 Å². The molecule has 6 nitrogen and oxygen atoms in total. The Morgan fingerprint density at radius 3 is 2.55 bits per heavy atom. The van der Waals surface area contributed by atoms with Gasteiger partial charge in [0.2, 0.25) is 11.8 Å². The highest BCUT2D eigenvalue weighted by Gasteiger charge is 2.44. The molecule has 1 saturated carbocycles. The predicted molar refractivity (Wildman–Crippen MR) is 146 cm³/mol. The second-order valence-electron chi connectivity index (χ2n) is 10.4. The normalized spacial score (nSPS) is 26.6. The number of fused-ring (bicyclic) bond motifs is 1. The van der Waals surface area contributed by atoms with Gasteiger partial charge in [-0.15, -0.1) is 0 Å². The van der Waals surface area contributed by atoms with E-state index in [0.29, 0.717) is 29.3 Å². The molecule has 1 heterocycles. The van der Waals surface area contributed by atoms with Gasteiger partial charge in [0.25, 0.3) is 0 Å². The summed E-state index contributed by atoms with van der Waals surface area (Å²) in [6.07, 6.45) is 5.89. The number of nitrogens with two attached hydrogens (primary N) is 1. The molecule has 4 N–H and O–H groups in total. The highest BCUT2D eigenvalue weighted by atomic mass is 35.5. The summed E-state index contributed by atoms with van der Waals surface area (Å²) in [5.74, 6) is 0.103. The van der Waals surface area contributed by atoms with Gasteiger partial charge in [0.05, 0.1) is 0 Å². The Morgan fingerprint density at radius 2 is 1.87 bits per heavy atom. The molecule has 2 aromatic rings. The van der Waals surface area contributed by atoms with Gasteiger partial charge >= 0.3 is 0 Å². The average Bonchev–Trinajstić information content (AvgIpc) is 3.32. The van der Waals surface area contributed by atoms with Crippen LogP contribution in [0.5, 0.6) is 5.75 Å². The lowest BCUT2D eigenvalue weighted by atomic mass is 9.82. The highest BCUT2D eigenvalue weighted by molar-refractivity contribution is 6.33. The molecule has 2 amide bonds. The molecule has 2 aromatic carbocycles. The fourth-order valence-corrected chi connectivity index (χ4v) is 6.34. The molecule has 1 fully saturated rings. The minimum atomic E-state index is -1.40. The Morgan fingerprint density at radius 1 is 1.13 bits per heavy atom. The van der Waals surface area contributed by atoms with Crippen LogP contribution in [0.3, 0.4) is 0 Å². The van der Waals surface area contributed by atoms with E-state index in [0.717, 1.165) is 36.8 Å². The molecular formula is C30H33ClFN3O3. The van der Waals surface area contributed by atoms with Crippen molar-refractivity contribution in [1.82, 2.24) is 10.6 Å². The largest absolute Gasteiger partial charge is 0.481 e. The van der Waals surface area contributed by atoms with Crippen LogP contribution in [0.4, 0.5) is 4.39 Å². The summed E-state index contributed by atoms with van der Waals surface area (Å²) in [5, 5.41) is 6.83. The number of nitrogens with one attached hydrogen (secondary N) is 2. The lowest BCUT2D eigenvalue weighted by molar-refractivity contribution is -0.125. The van der Waals surface area contributed by atoms with Crippen molar-refractivity contribution in [2.24, 2.45) is 11.7 Å². The standard InChI is InChI=1S/C30H33ClFN3O3/c1-34-29(37)18-10-12-20(13-11-18)35-17-30(19-6-3-2-4-7-19)16-22-25(38-30)15-14-23(31)26(22)27-21(28(33)36)8-5-9-24(27)32/h2-8,14-15,18,20,24,35H,9-13,16-17H2,1H3,(H2,33,36)(H,34,37)/t18?,20?,24?,30-/m1/s1. The van der Waals surface area contributed by atoms with E-state index in [1.54, 1.807) is 25.3 Å². The lowest BCUT2D eigenvalue weighted by Crippen LogP contribution is -2.47. The zero-order chi connectivity index (χ0) is 26.9. The van der Waals surface area contributed by atoms with E-state index >= 15 is 4.39 Å². The zero-order valence-electron chi connectivity index (χ0n) is 21.4. The first-order valence-electron chi connectivity index (χ1n) is 13.2. The summed E-state index contributed by atoms with van der Waals surface area (Å²) in [6.45, 7) is 0.527. The van der Waals surface area contributed by atoms with Gasteiger partial charge in [0.1, 0.15) is 11.9 Å². The third kappa shape index (κ3) is 4.97. The summed E-state index contributed by atoms with van der Waals surface area (Å²) in [6, 6.07) is 13.7. The summed E-state index contributed by atoms with van der Waals surface area (Å²) in [5.41, 5.74) is 7.54. The smallest absolute Gasteiger partial charge is 0.249 e. The van der Waals surface area contributed by atoms with Crippen LogP contribution in [0.1, 0.15) is 48.8 Å². The van der Waals surface area contributed by atoms with Gasteiger partial charge in [-0.3, -0.25) is 9.59 Å². The van der Waals surface area contributed by atoms with E-state index in [1.807, 2.05) is 36.4 Å². The first-order valence-corrected chi connectivity index (χ1v) is 13.6. The number of allylic oxidation sites excluding steroid dienone is 2. The SMILES string of the molecule is CNC(=O)C1CCC(NC[C@@]2(c3ccccc3)Cc3c(ccc(Cl)c3C3=C(C(N)=O)C=CCC3F)O2)CC1. The van der Waals surface area contributed by atoms with Gasteiger partial charge in [0, 0.05) is 65.7 Å². The maximum atomic E-state index is 15.4. The second kappa shape index (κ2) is 10.9. The van der Waals surface area contributed by atoms with Crippen molar-refractivity contribution in [3.63, 3.8) is 0 Å². The quantitative estimate of drug-likeness (QED) is 0.481. The zero-order valence-corrected chi connectivity index (χ0v) is 22.2. The third-order valence-electron chi connectivity index (χ3n) is 8.07. The Balaban J connectivity index is 1.47. The maximum absolute atomic E-state index is 15.4. The van der Waals surface area contributed by atoms with Crippen molar-refractivity contribution in [2.45, 2.75) is 56.3 Å². The minimum Gasteiger partial charge on any atom is -0.481 e. The third-order valence-corrected chi connectivity index (χ3v) is 8.39. The average molecular weight is 538 g/mol. The van der Waals surface area contributed by atoms with E-state index in [2.05, 4.69) is 10.6 Å². The lowest BCUT2D eigenvalue weighted by Gasteiger charge is -2.34. The van der Waals surface area contributed by atoms with Crippen LogP contribution in [0.2, 0.25) is 5.02 Å². The molecule has 0 radical (unpaired) electrons. The van der Waals surface area contributed by atoms with E-state index < -0.39 is 17.7 Å². The predicted octanol–water partition coefficient (Wildman–Crippen LogP) is 4.60. The van der Waals surface area contributed by atoms with Gasteiger partial charge in [-0.05, 0) is 43.4 Å². The number of halogens is 2. The number of hydrogen-bond donors (Lipinski definition) is 3. The van der Waals surface area contributed by atoms with Crippen LogP contribution in [-0.4, -0.2) is 37.6 Å². The molecule has 0 spiro atoms. The summed E-state index contributed by atoms with van der Waals surface area (Å²) in [7, 11) is 1.68. The number of rotatable bonds is 7. The number of carbonyl (C=O) groups is 2. The van der Waals surface area contributed by atoms with Crippen LogP contribution in [0.15, 0.2) is 60.2 Å². The van der Waals surface area contributed by atoms with Crippen molar-refractivity contribution < 1.29 is 18.7 Å². The number of benzene rings is 2. The van der Waals surface area contributed by atoms with Crippen LogP contribution in [0.25, 0.3) is 5.57 Å². The summed E-state index contributed by atoms with van der Waals surface area (Å²) < 4.78 is 22.1. The van der Waals surface area contributed by atoms with Gasteiger partial charge in [-0.25, -0.2) is 4.39 Å². The first kappa shape index (κ1) is 26.4. The van der Waals surface area contributed by atoms with Gasteiger partial charge in [0.15, 0.2) is 5.60 Å². The monoisotopic (exact) mass is 537 g/mol. The molecule has 2 aliphatic carbocycles. The molecule has 1 unspecified atom stereocenters. The van der Waals surface area contributed by atoms with Crippen LogP contribution in [-0.2, 0) is 21.6 Å². The minimum absolute atomic E-state index is 0.0590. The molecular weight excluding hydrogens is 505 g/mol. The highest BCUT2D eigenvalue weighted by Crippen LogP contribution is 2.48. The number of ether oxygens (including phenoxy) is 1. The molecule has 0 aromatic heterocycles. The van der Waals surface area contributed by atoms with Crippen LogP contribution in [0, 0.1) is 5.92 Å². The number of primary amides is 1. The molecule has 200 valence electrons. The van der Waals surface area contributed by atoms with Gasteiger partial charge in [-0.2, -0.15) is 0 Å². The molecule has 2 atom stereocenters. The van der Waals surface area contributed by atoms with Gasteiger partial charge in [-0.1, -0.05) is 54.1 Å². The van der Waals surface area contributed by atoms with E-state index in [9.17, 15) is 9.59 Å². The number of hydrogen-bond acceptors (Lipinski definition) is 4. The van der Waals surface area contributed by atoms with E-state index in [4.69, 9.17) is 22.1 Å². The molecule has 3 aliphatic rings. The van der Waals surface area contributed by atoms with Crippen molar-refractivity contribution in [3.8, 4) is 5.75 Å². The Kier molecular flexibility index (Phi) is 7.59. The van der Waals surface area contributed by atoms with E-state index in [-0.39, 0.29) is 35.4 Å². The van der Waals surface area contributed by atoms with Crippen LogP contribution >= 0.6 is 11.6 Å². The Hall–Kier alpha value is -3.16. The van der Waals surface area contributed by atoms with Crippen LogP contribution < -0.4 is 21.1 Å². The maximum Gasteiger partial charge on any atom is 0.249 e. The van der Waals surface area contributed by atoms with Crippen molar-refractivity contribution in [1.29, 1.82) is 0 Å². The number of amides is 2. The fourth-order valence-electron chi connectivity index (χ4n) is 6.06. The van der Waals surface area contributed by atoms with Crippen molar-refractivity contribution in [2.75, 3.05) is 13.6 Å². The fraction of sp³-hybridized carbons (Fsp3) is 0.400. The topological polar surface area (TPSA) is 93.5 Å². The molecule has 1 aliphatic heterocycles. The summed E-state index contributed by atoms with van der Waals surface area (Å²) >= 11 is 6.68. The van der Waals surface area contributed by atoms with Crippen molar-refractivity contribution in [3.05, 3.63) is 81.9 Å². The number of alkyl halides is 1. The Bertz CT molecular complexity index is 1290. The molecule has 8 heteroatoms. The first-order chi connectivity index (χ1) is 18.3. The second-order valence-corrected chi connectivity index (χ2v) is 10.8.